The first-order valence-corrected chi connectivity index (χ1v) is 8.52. The van der Waals surface area contributed by atoms with Gasteiger partial charge in [0.15, 0.2) is 0 Å². The zero-order valence-electron chi connectivity index (χ0n) is 12.2. The Morgan fingerprint density at radius 3 is 2.60 bits per heavy atom. The number of rotatable bonds is 3. The summed E-state index contributed by atoms with van der Waals surface area (Å²) in [6, 6.07) is 8.16. The van der Waals surface area contributed by atoms with Gasteiger partial charge in [0, 0.05) is 0 Å². The van der Waals surface area contributed by atoms with Crippen LogP contribution >= 0.6 is 11.3 Å². The molecule has 0 bridgehead atoms. The first kappa shape index (κ1) is 15.3. The van der Waals surface area contributed by atoms with Gasteiger partial charge in [0.1, 0.15) is 16.1 Å². The molecule has 1 aromatic heterocycles. The Bertz CT molecular complexity index is 611. The Balaban J connectivity index is 2.23. The summed E-state index contributed by atoms with van der Waals surface area (Å²) in [7, 11) is 0. The third-order valence-electron chi connectivity index (χ3n) is 2.87. The average molecular weight is 305 g/mol. The lowest BCUT2D eigenvalue weighted by molar-refractivity contribution is 0.562. The predicted molar refractivity (Wildman–Crippen MR) is 90.0 cm³/mol. The van der Waals surface area contributed by atoms with Crippen LogP contribution in [0.25, 0.3) is 11.1 Å². The van der Waals surface area contributed by atoms with Gasteiger partial charge in [-0.3, -0.25) is 0 Å². The van der Waals surface area contributed by atoms with Crippen LogP contribution in [0.5, 0.6) is 0 Å². The lowest BCUT2D eigenvalue weighted by Crippen LogP contribution is -2.25. The van der Waals surface area contributed by atoms with Crippen LogP contribution < -0.4 is 0 Å². The fourth-order valence-corrected chi connectivity index (χ4v) is 3.10. The van der Waals surface area contributed by atoms with Gasteiger partial charge in [-0.05, 0) is 66.8 Å². The molecule has 2 rings (SSSR count). The number of thiophene rings is 1. The largest absolute Gasteiger partial charge is 0.591 e. The molecule has 4 heteroatoms. The summed E-state index contributed by atoms with van der Waals surface area (Å²) in [6.45, 7) is 7.88. The molecule has 0 saturated heterocycles. The lowest BCUT2D eigenvalue weighted by atomic mass is 10.0. The first-order valence-electron chi connectivity index (χ1n) is 6.47. The topological polar surface area (TPSA) is 35.4 Å². The standard InChI is InChI=1S/C16H19NOS2/c1-12-10-19-11-15(12)14-7-5-6-13(8-14)9-17-20(18)16(2,3)4/h5-11H,1-4H3/t20-/m1/s1. The van der Waals surface area contributed by atoms with Gasteiger partial charge < -0.3 is 4.55 Å². The first-order chi connectivity index (χ1) is 9.38. The van der Waals surface area contributed by atoms with Gasteiger partial charge >= 0.3 is 0 Å². The lowest BCUT2D eigenvalue weighted by Gasteiger charge is -2.17. The van der Waals surface area contributed by atoms with E-state index in [1.54, 1.807) is 17.6 Å². The van der Waals surface area contributed by atoms with E-state index < -0.39 is 11.4 Å². The molecule has 0 aliphatic rings. The minimum absolute atomic E-state index is 0.321. The van der Waals surface area contributed by atoms with E-state index in [4.69, 9.17) is 0 Å². The third-order valence-corrected chi connectivity index (χ3v) is 5.08. The van der Waals surface area contributed by atoms with Gasteiger partial charge in [-0.25, -0.2) is 0 Å². The molecule has 2 aromatic rings. The Hall–Kier alpha value is -1.10. The molecule has 0 fully saturated rings. The van der Waals surface area contributed by atoms with Crippen LogP contribution in [0.15, 0.2) is 39.4 Å². The minimum atomic E-state index is -1.21. The van der Waals surface area contributed by atoms with Crippen molar-refractivity contribution in [3.63, 3.8) is 0 Å². The minimum Gasteiger partial charge on any atom is -0.591 e. The smallest absolute Gasteiger partial charge is 0.144 e. The Morgan fingerprint density at radius 2 is 2.00 bits per heavy atom. The van der Waals surface area contributed by atoms with E-state index >= 15 is 0 Å². The number of hydrogen-bond donors (Lipinski definition) is 0. The van der Waals surface area contributed by atoms with Gasteiger partial charge in [-0.15, -0.1) is 0 Å². The van der Waals surface area contributed by atoms with Crippen LogP contribution in [0.2, 0.25) is 0 Å². The summed E-state index contributed by atoms with van der Waals surface area (Å²) in [4.78, 5) is 0. The van der Waals surface area contributed by atoms with Gasteiger partial charge in [0.2, 0.25) is 0 Å². The quantitative estimate of drug-likeness (QED) is 0.602. The van der Waals surface area contributed by atoms with E-state index in [9.17, 15) is 4.55 Å². The number of hydrogen-bond acceptors (Lipinski definition) is 3. The van der Waals surface area contributed by atoms with Crippen LogP contribution in [0, 0.1) is 6.92 Å². The van der Waals surface area contributed by atoms with Crippen LogP contribution in [0.4, 0.5) is 0 Å². The summed E-state index contributed by atoms with van der Waals surface area (Å²) >= 11 is 0.492. The molecule has 106 valence electrons. The molecule has 0 unspecified atom stereocenters. The van der Waals surface area contributed by atoms with Crippen molar-refractivity contribution >= 4 is 28.9 Å². The molecular weight excluding hydrogens is 286 g/mol. The molecule has 20 heavy (non-hydrogen) atoms. The second-order valence-corrected chi connectivity index (χ2v) is 8.37. The van der Waals surface area contributed by atoms with E-state index in [1.807, 2.05) is 32.9 Å². The Labute approximate surface area is 127 Å². The van der Waals surface area contributed by atoms with Crippen molar-refractivity contribution in [1.82, 2.24) is 0 Å². The molecule has 0 saturated carbocycles. The van der Waals surface area contributed by atoms with Crippen LogP contribution in [-0.2, 0) is 11.4 Å². The van der Waals surface area contributed by atoms with Crippen LogP contribution in [-0.4, -0.2) is 15.5 Å². The van der Waals surface area contributed by atoms with E-state index in [0.29, 0.717) is 0 Å². The molecule has 1 heterocycles. The molecule has 0 aliphatic carbocycles. The molecule has 1 atom stereocenters. The van der Waals surface area contributed by atoms with Crippen LogP contribution in [0.3, 0.4) is 0 Å². The zero-order valence-corrected chi connectivity index (χ0v) is 13.8. The second-order valence-electron chi connectivity index (χ2n) is 5.69. The highest BCUT2D eigenvalue weighted by atomic mass is 32.2. The number of nitrogens with zero attached hydrogens (tertiary/aromatic N) is 1. The summed E-state index contributed by atoms with van der Waals surface area (Å²) in [5.74, 6) is 0. The van der Waals surface area contributed by atoms with Crippen molar-refractivity contribution in [1.29, 1.82) is 0 Å². The van der Waals surface area contributed by atoms with E-state index in [-0.39, 0.29) is 4.75 Å². The summed E-state index contributed by atoms with van der Waals surface area (Å²) in [5, 5.41) is 4.30. The summed E-state index contributed by atoms with van der Waals surface area (Å²) in [5.41, 5.74) is 4.68. The van der Waals surface area contributed by atoms with E-state index in [0.717, 1.165) is 5.56 Å². The van der Waals surface area contributed by atoms with Crippen molar-refractivity contribution in [2.75, 3.05) is 0 Å². The van der Waals surface area contributed by atoms with Gasteiger partial charge in [0.25, 0.3) is 0 Å². The average Bonchev–Trinajstić information content (AvgIpc) is 2.81. The third kappa shape index (κ3) is 3.72. The maximum Gasteiger partial charge on any atom is 0.144 e. The maximum atomic E-state index is 11.9. The fraction of sp³-hybridized carbons (Fsp3) is 0.312. The molecular formula is C16H19NOS2. The molecule has 2 nitrogen and oxygen atoms in total. The molecule has 0 aliphatic heterocycles. The van der Waals surface area contributed by atoms with E-state index in [1.165, 1.54) is 16.7 Å². The highest BCUT2D eigenvalue weighted by Gasteiger charge is 2.25. The van der Waals surface area contributed by atoms with Crippen molar-refractivity contribution < 1.29 is 4.55 Å². The Morgan fingerprint density at radius 1 is 1.25 bits per heavy atom. The normalized spacial score (nSPS) is 13.8. The number of benzene rings is 1. The predicted octanol–water partition coefficient (Wildman–Crippen LogP) is 4.60. The van der Waals surface area contributed by atoms with E-state index in [2.05, 4.69) is 34.2 Å². The summed E-state index contributed by atoms with van der Waals surface area (Å²) in [6.07, 6.45) is 1.70. The number of aryl methyl sites for hydroxylation is 1. The van der Waals surface area contributed by atoms with Gasteiger partial charge in [0.05, 0.1) is 6.21 Å². The molecule has 0 N–H and O–H groups in total. The zero-order chi connectivity index (χ0) is 14.8. The monoisotopic (exact) mass is 305 g/mol. The molecule has 1 aromatic carbocycles. The van der Waals surface area contributed by atoms with Gasteiger partial charge in [-0.2, -0.15) is 11.3 Å². The second kappa shape index (κ2) is 6.12. The molecule has 0 amide bonds. The maximum absolute atomic E-state index is 11.9. The Kier molecular flexibility index (Phi) is 4.68. The highest BCUT2D eigenvalue weighted by molar-refractivity contribution is 7.91. The summed E-state index contributed by atoms with van der Waals surface area (Å²) < 4.78 is 15.8. The highest BCUT2D eigenvalue weighted by Crippen LogP contribution is 2.27. The fourth-order valence-electron chi connectivity index (χ4n) is 1.71. The van der Waals surface area contributed by atoms with Gasteiger partial charge in [-0.1, -0.05) is 22.6 Å². The van der Waals surface area contributed by atoms with Crippen molar-refractivity contribution in [3.05, 3.63) is 46.2 Å². The molecule has 0 spiro atoms. The SMILES string of the molecule is Cc1cscc1-c1cccc(C=N[S@+]([O-])C(C)(C)C)c1. The van der Waals surface area contributed by atoms with Crippen molar-refractivity contribution in [3.8, 4) is 11.1 Å². The van der Waals surface area contributed by atoms with Crippen molar-refractivity contribution in [2.24, 2.45) is 4.40 Å². The van der Waals surface area contributed by atoms with Crippen molar-refractivity contribution in [2.45, 2.75) is 32.4 Å². The van der Waals surface area contributed by atoms with Crippen LogP contribution in [0.1, 0.15) is 31.9 Å². The molecule has 0 radical (unpaired) electrons.